The number of rotatable bonds is 3. The molecule has 2 aliphatic heterocycles. The molecular weight excluding hydrogens is 334 g/mol. The third-order valence-electron chi connectivity index (χ3n) is 4.71. The van der Waals surface area contributed by atoms with Gasteiger partial charge in [0, 0.05) is 16.5 Å². The summed E-state index contributed by atoms with van der Waals surface area (Å²) >= 11 is 1.67. The van der Waals surface area contributed by atoms with Crippen molar-refractivity contribution in [2.24, 2.45) is 0 Å². The summed E-state index contributed by atoms with van der Waals surface area (Å²) in [5, 5.41) is 2.85. The van der Waals surface area contributed by atoms with Crippen LogP contribution < -0.4 is 5.32 Å². The second-order valence-electron chi connectivity index (χ2n) is 6.81. The normalized spacial score (nSPS) is 23.3. The molecule has 0 unspecified atom stereocenters. The van der Waals surface area contributed by atoms with Gasteiger partial charge in [-0.3, -0.25) is 14.6 Å². The van der Waals surface area contributed by atoms with Crippen LogP contribution in [0.5, 0.6) is 0 Å². The van der Waals surface area contributed by atoms with Gasteiger partial charge in [0.25, 0.3) is 5.91 Å². The number of aromatic nitrogens is 1. The highest BCUT2D eigenvalue weighted by atomic mass is 32.2. The van der Waals surface area contributed by atoms with Gasteiger partial charge in [0.2, 0.25) is 5.91 Å². The molecule has 1 fully saturated rings. The number of hydrogen-bond donors (Lipinski definition) is 1. The van der Waals surface area contributed by atoms with E-state index in [9.17, 15) is 9.59 Å². The van der Waals surface area contributed by atoms with Crippen LogP contribution >= 0.6 is 11.8 Å². The Morgan fingerprint density at radius 1 is 1.24 bits per heavy atom. The molecule has 5 nitrogen and oxygen atoms in total. The van der Waals surface area contributed by atoms with Crippen LogP contribution in [0.25, 0.3) is 0 Å². The van der Waals surface area contributed by atoms with Crippen LogP contribution in [0.4, 0.5) is 0 Å². The lowest BCUT2D eigenvalue weighted by molar-refractivity contribution is -0.126. The molecule has 25 heavy (non-hydrogen) atoms. The molecule has 6 heteroatoms. The van der Waals surface area contributed by atoms with Crippen molar-refractivity contribution >= 4 is 23.6 Å². The Kier molecular flexibility index (Phi) is 3.80. The van der Waals surface area contributed by atoms with Gasteiger partial charge < -0.3 is 10.2 Å². The van der Waals surface area contributed by atoms with Gasteiger partial charge in [-0.25, -0.2) is 0 Å². The zero-order valence-electron chi connectivity index (χ0n) is 14.1. The standard InChI is InChI=1S/C19H19N3O2S/c1-19(2)15(16(23)21-11-12-7-5-6-10-20-12)22-17(24)13-8-3-4-9-14(13)18(22)25-19/h3-10,15,18H,11H2,1-2H3,(H,21,23)/t15-,18+/m1/s1. The average Bonchev–Trinajstić information content (AvgIpc) is 3.04. The molecule has 1 aromatic heterocycles. The quantitative estimate of drug-likeness (QED) is 0.922. The maximum Gasteiger partial charge on any atom is 0.256 e. The first kappa shape index (κ1) is 16.1. The lowest BCUT2D eigenvalue weighted by Crippen LogP contribution is -2.52. The van der Waals surface area contributed by atoms with Gasteiger partial charge in [0.1, 0.15) is 11.4 Å². The summed E-state index contributed by atoms with van der Waals surface area (Å²) in [5.74, 6) is -0.191. The van der Waals surface area contributed by atoms with E-state index in [0.717, 1.165) is 11.3 Å². The maximum atomic E-state index is 12.9. The molecule has 2 atom stereocenters. The van der Waals surface area contributed by atoms with Gasteiger partial charge in [-0.15, -0.1) is 11.8 Å². The van der Waals surface area contributed by atoms with Gasteiger partial charge in [-0.2, -0.15) is 0 Å². The van der Waals surface area contributed by atoms with Crippen molar-refractivity contribution in [2.45, 2.75) is 36.6 Å². The fraction of sp³-hybridized carbons (Fsp3) is 0.316. The number of carbonyl (C=O) groups excluding carboxylic acids is 2. The molecule has 1 saturated heterocycles. The summed E-state index contributed by atoms with van der Waals surface area (Å²) in [7, 11) is 0. The molecule has 0 saturated carbocycles. The lowest BCUT2D eigenvalue weighted by atomic mass is 10.0. The SMILES string of the molecule is CC1(C)S[C@H]2c3ccccc3C(=O)N2[C@@H]1C(=O)NCc1ccccn1. The molecule has 0 aliphatic carbocycles. The molecule has 1 N–H and O–H groups in total. The topological polar surface area (TPSA) is 62.3 Å². The highest BCUT2D eigenvalue weighted by Crippen LogP contribution is 2.56. The zero-order chi connectivity index (χ0) is 17.6. The van der Waals surface area contributed by atoms with Crippen LogP contribution in [0.2, 0.25) is 0 Å². The second kappa shape index (κ2) is 5.88. The molecule has 2 aliphatic rings. The van der Waals surface area contributed by atoms with E-state index in [1.165, 1.54) is 0 Å². The van der Waals surface area contributed by atoms with Crippen molar-refractivity contribution in [2.75, 3.05) is 0 Å². The third kappa shape index (κ3) is 2.61. The summed E-state index contributed by atoms with van der Waals surface area (Å²) in [6.45, 7) is 4.41. The molecular formula is C19H19N3O2S. The van der Waals surface area contributed by atoms with E-state index in [1.807, 2.05) is 56.3 Å². The first-order valence-electron chi connectivity index (χ1n) is 8.26. The number of amides is 2. The van der Waals surface area contributed by atoms with Gasteiger partial charge in [-0.1, -0.05) is 24.3 Å². The first-order chi connectivity index (χ1) is 12.0. The van der Waals surface area contributed by atoms with Crippen LogP contribution in [0.1, 0.15) is 40.8 Å². The zero-order valence-corrected chi connectivity index (χ0v) is 14.9. The molecule has 0 bridgehead atoms. The summed E-state index contributed by atoms with van der Waals surface area (Å²) in [6.07, 6.45) is 1.70. The van der Waals surface area contributed by atoms with Gasteiger partial charge in [0.05, 0.1) is 12.2 Å². The van der Waals surface area contributed by atoms with Crippen molar-refractivity contribution in [1.82, 2.24) is 15.2 Å². The average molecular weight is 353 g/mol. The van der Waals surface area contributed by atoms with Gasteiger partial charge >= 0.3 is 0 Å². The summed E-state index contributed by atoms with van der Waals surface area (Å²) < 4.78 is -0.359. The number of fused-ring (bicyclic) bond motifs is 3. The highest BCUT2D eigenvalue weighted by molar-refractivity contribution is 8.01. The lowest BCUT2D eigenvalue weighted by Gasteiger charge is -2.29. The first-order valence-corrected chi connectivity index (χ1v) is 9.14. The molecule has 0 spiro atoms. The van der Waals surface area contributed by atoms with Gasteiger partial charge in [-0.05, 0) is 37.6 Å². The summed E-state index contributed by atoms with van der Waals surface area (Å²) in [6, 6.07) is 12.7. The van der Waals surface area contributed by atoms with Crippen molar-refractivity contribution in [3.63, 3.8) is 0 Å². The number of pyridine rings is 1. The fourth-order valence-corrected chi connectivity index (χ4v) is 5.17. The number of hydrogen-bond acceptors (Lipinski definition) is 4. The Hall–Kier alpha value is -2.34. The molecule has 2 aromatic rings. The predicted octanol–water partition coefficient (Wildman–Crippen LogP) is 2.75. The number of nitrogens with zero attached hydrogens (tertiary/aromatic N) is 2. The van der Waals surface area contributed by atoms with Gasteiger partial charge in [0.15, 0.2) is 0 Å². The van der Waals surface area contributed by atoms with E-state index in [4.69, 9.17) is 0 Å². The minimum absolute atomic E-state index is 0.0586. The molecule has 2 amide bonds. The summed E-state index contributed by atoms with van der Waals surface area (Å²) in [5.41, 5.74) is 2.51. The highest BCUT2D eigenvalue weighted by Gasteiger charge is 2.57. The molecule has 0 radical (unpaired) electrons. The Morgan fingerprint density at radius 3 is 2.76 bits per heavy atom. The van der Waals surface area contributed by atoms with E-state index >= 15 is 0 Å². The second-order valence-corrected chi connectivity index (χ2v) is 8.55. The predicted molar refractivity (Wildman–Crippen MR) is 96.9 cm³/mol. The Labute approximate surface area is 150 Å². The Morgan fingerprint density at radius 2 is 2.00 bits per heavy atom. The van der Waals surface area contributed by atoms with E-state index < -0.39 is 6.04 Å². The maximum absolute atomic E-state index is 12.9. The fourth-order valence-electron chi connectivity index (χ4n) is 3.58. The molecule has 1 aromatic carbocycles. The molecule has 4 rings (SSSR count). The van der Waals surface area contributed by atoms with Crippen molar-refractivity contribution in [3.05, 3.63) is 65.5 Å². The molecule has 3 heterocycles. The minimum atomic E-state index is -0.508. The Bertz CT molecular complexity index is 838. The van der Waals surface area contributed by atoms with Crippen molar-refractivity contribution < 1.29 is 9.59 Å². The van der Waals surface area contributed by atoms with E-state index in [0.29, 0.717) is 12.1 Å². The van der Waals surface area contributed by atoms with Crippen molar-refractivity contribution in [1.29, 1.82) is 0 Å². The molecule has 128 valence electrons. The third-order valence-corrected chi connectivity index (χ3v) is 6.25. The van der Waals surface area contributed by atoms with Crippen LogP contribution in [-0.4, -0.2) is 32.5 Å². The Balaban J connectivity index is 1.59. The summed E-state index contributed by atoms with van der Waals surface area (Å²) in [4.78, 5) is 31.8. The van der Waals surface area contributed by atoms with E-state index in [-0.39, 0.29) is 21.9 Å². The monoisotopic (exact) mass is 353 g/mol. The minimum Gasteiger partial charge on any atom is -0.349 e. The number of carbonyl (C=O) groups is 2. The largest absolute Gasteiger partial charge is 0.349 e. The van der Waals surface area contributed by atoms with Crippen LogP contribution in [0, 0.1) is 0 Å². The van der Waals surface area contributed by atoms with E-state index in [2.05, 4.69) is 10.3 Å². The van der Waals surface area contributed by atoms with E-state index in [1.54, 1.807) is 22.9 Å². The van der Waals surface area contributed by atoms with Crippen LogP contribution in [0.3, 0.4) is 0 Å². The number of benzene rings is 1. The number of nitrogens with one attached hydrogen (secondary N) is 1. The number of thioether (sulfide) groups is 1. The van der Waals surface area contributed by atoms with Crippen LogP contribution in [-0.2, 0) is 11.3 Å². The van der Waals surface area contributed by atoms with Crippen molar-refractivity contribution in [3.8, 4) is 0 Å². The van der Waals surface area contributed by atoms with Crippen LogP contribution in [0.15, 0.2) is 48.7 Å². The smallest absolute Gasteiger partial charge is 0.256 e.